The van der Waals surface area contributed by atoms with Gasteiger partial charge in [-0.2, -0.15) is 4.98 Å². The maximum absolute atomic E-state index is 10.5. The molecule has 0 aliphatic rings. The number of nitrogens with one attached hydrogen (secondary N) is 1. The molecule has 5 heteroatoms. The molecule has 0 amide bonds. The zero-order valence-corrected chi connectivity index (χ0v) is 4.79. The number of fused-ring (bicyclic) bond motifs is 1. The largest absolute Gasteiger partial charge is 0.418 e. The van der Waals surface area contributed by atoms with Gasteiger partial charge in [-0.25, -0.2) is 9.78 Å². The molecule has 0 fully saturated rings. The van der Waals surface area contributed by atoms with Crippen molar-refractivity contribution in [2.75, 3.05) is 0 Å². The van der Waals surface area contributed by atoms with Crippen molar-refractivity contribution in [3.05, 3.63) is 23.1 Å². The van der Waals surface area contributed by atoms with Crippen molar-refractivity contribution < 1.29 is 4.42 Å². The summed E-state index contributed by atoms with van der Waals surface area (Å²) >= 11 is 0. The summed E-state index contributed by atoms with van der Waals surface area (Å²) in [5, 5.41) is 0. The van der Waals surface area contributed by atoms with Gasteiger partial charge in [0.25, 0.3) is 5.71 Å². The van der Waals surface area contributed by atoms with E-state index in [1.54, 1.807) is 0 Å². The van der Waals surface area contributed by atoms with Crippen LogP contribution in [0.2, 0.25) is 0 Å². The molecule has 0 aliphatic carbocycles. The Morgan fingerprint density at radius 3 is 3.40 bits per heavy atom. The molecule has 0 spiro atoms. The first kappa shape index (κ1) is 5.16. The van der Waals surface area contributed by atoms with Gasteiger partial charge in [-0.3, -0.25) is 4.98 Å². The van der Waals surface area contributed by atoms with E-state index in [0.29, 0.717) is 5.52 Å². The number of hydrogen-bond acceptors (Lipinski definition) is 4. The van der Waals surface area contributed by atoms with E-state index in [4.69, 9.17) is 0 Å². The van der Waals surface area contributed by atoms with Crippen LogP contribution < -0.4 is 5.76 Å². The Bertz CT molecular complexity index is 366. The minimum absolute atomic E-state index is 0.236. The molecule has 0 aromatic carbocycles. The summed E-state index contributed by atoms with van der Waals surface area (Å²) in [6.07, 6.45) is 3.77. The lowest BCUT2D eigenvalue weighted by Gasteiger charge is -1.77. The second kappa shape index (κ2) is 1.66. The van der Waals surface area contributed by atoms with Crippen LogP contribution in [0.3, 0.4) is 0 Å². The van der Waals surface area contributed by atoms with E-state index < -0.39 is 5.76 Å². The van der Waals surface area contributed by atoms with Gasteiger partial charge >= 0.3 is 5.76 Å². The second-order valence-corrected chi connectivity index (χ2v) is 1.68. The molecule has 1 N–H and O–H groups in total. The highest BCUT2D eigenvalue weighted by Crippen LogP contribution is 1.99. The highest BCUT2D eigenvalue weighted by Gasteiger charge is 1.98. The van der Waals surface area contributed by atoms with Gasteiger partial charge in [0.1, 0.15) is 18.0 Å². The lowest BCUT2D eigenvalue weighted by atomic mass is 10.6. The zero-order valence-electron chi connectivity index (χ0n) is 4.79. The van der Waals surface area contributed by atoms with E-state index in [1.165, 1.54) is 6.33 Å². The summed E-state index contributed by atoms with van der Waals surface area (Å²) in [7, 11) is 0. The third kappa shape index (κ3) is 0.604. The van der Waals surface area contributed by atoms with Crippen LogP contribution in [0.5, 0.6) is 0 Å². The van der Waals surface area contributed by atoms with Crippen LogP contribution in [0.4, 0.5) is 0 Å². The molecule has 0 saturated carbocycles. The van der Waals surface area contributed by atoms with E-state index in [-0.39, 0.29) is 5.71 Å². The number of oxazole rings is 1. The Balaban J connectivity index is 3.01. The monoisotopic (exact) mass is 136 g/mol. The fraction of sp³-hybridized carbons (Fsp3) is 0. The van der Waals surface area contributed by atoms with Crippen molar-refractivity contribution in [1.82, 2.24) is 15.0 Å². The minimum atomic E-state index is -0.535. The lowest BCUT2D eigenvalue weighted by Crippen LogP contribution is -1.92. The minimum Gasteiger partial charge on any atom is -0.389 e. The molecule has 10 heavy (non-hydrogen) atoms. The number of aromatic nitrogens is 3. The fourth-order valence-electron chi connectivity index (χ4n) is 0.661. The maximum atomic E-state index is 10.5. The molecule has 2 aromatic rings. The Kier molecular flexibility index (Phi) is 0.858. The van der Waals surface area contributed by atoms with Crippen LogP contribution in [0, 0.1) is 6.20 Å². The van der Waals surface area contributed by atoms with Crippen LogP contribution in [-0.2, 0) is 0 Å². The number of hydrogen-bond donors (Lipinski definition) is 1. The smallest absolute Gasteiger partial charge is 0.389 e. The average molecular weight is 136 g/mol. The molecule has 5 nitrogen and oxygen atoms in total. The average Bonchev–Trinajstić information content (AvgIpc) is 2.27. The number of H-pyrrole nitrogens is 1. The molecule has 1 radical (unpaired) electrons. The Hall–Kier alpha value is -1.65. The van der Waals surface area contributed by atoms with Gasteiger partial charge in [-0.15, -0.1) is 0 Å². The molecule has 2 rings (SSSR count). The van der Waals surface area contributed by atoms with Gasteiger partial charge < -0.3 is 4.42 Å². The number of aromatic amines is 1. The van der Waals surface area contributed by atoms with Gasteiger partial charge in [0.05, 0.1) is 0 Å². The first-order chi connectivity index (χ1) is 4.86. The molecule has 0 unspecified atom stereocenters. The normalized spacial score (nSPS) is 10.4. The van der Waals surface area contributed by atoms with Gasteiger partial charge in [0.2, 0.25) is 0 Å². The van der Waals surface area contributed by atoms with Crippen LogP contribution in [0.1, 0.15) is 0 Å². The predicted molar refractivity (Wildman–Crippen MR) is 31.3 cm³/mol. The Morgan fingerprint density at radius 2 is 2.60 bits per heavy atom. The van der Waals surface area contributed by atoms with Gasteiger partial charge in [-0.05, 0) is 0 Å². The standard InChI is InChI=1S/C5H2N3O2/c9-5-8-3-1-6-2-7-4(3)10-5/h2H,(H,8,9). The highest BCUT2D eigenvalue weighted by atomic mass is 16.4. The van der Waals surface area contributed by atoms with Crippen molar-refractivity contribution in [1.29, 1.82) is 0 Å². The number of nitrogens with zero attached hydrogens (tertiary/aromatic N) is 2. The van der Waals surface area contributed by atoms with Crippen molar-refractivity contribution in [2.45, 2.75) is 0 Å². The van der Waals surface area contributed by atoms with Gasteiger partial charge in [0, 0.05) is 0 Å². The van der Waals surface area contributed by atoms with E-state index in [0.717, 1.165) is 0 Å². The zero-order chi connectivity index (χ0) is 6.97. The highest BCUT2D eigenvalue weighted by molar-refractivity contribution is 5.64. The van der Waals surface area contributed by atoms with Gasteiger partial charge in [-0.1, -0.05) is 0 Å². The van der Waals surface area contributed by atoms with Crippen LogP contribution in [0.25, 0.3) is 11.2 Å². The Labute approximate surface area is 54.7 Å². The first-order valence-electron chi connectivity index (χ1n) is 2.58. The summed E-state index contributed by atoms with van der Waals surface area (Å²) in [5.74, 6) is -0.535. The molecule has 49 valence electrons. The van der Waals surface area contributed by atoms with E-state index in [9.17, 15) is 4.79 Å². The maximum Gasteiger partial charge on any atom is 0.418 e. The predicted octanol–water partition coefficient (Wildman–Crippen LogP) is -0.289. The topological polar surface area (TPSA) is 71.8 Å². The van der Waals surface area contributed by atoms with E-state index >= 15 is 0 Å². The van der Waals surface area contributed by atoms with Crippen LogP contribution >= 0.6 is 0 Å². The third-order valence-corrected chi connectivity index (χ3v) is 1.04. The first-order valence-corrected chi connectivity index (χ1v) is 2.58. The molecule has 0 atom stereocenters. The molecule has 0 bridgehead atoms. The quantitative estimate of drug-likeness (QED) is 0.540. The van der Waals surface area contributed by atoms with E-state index in [1.807, 2.05) is 0 Å². The summed E-state index contributed by atoms with van der Waals surface area (Å²) in [6, 6.07) is 0. The Morgan fingerprint density at radius 1 is 1.70 bits per heavy atom. The summed E-state index contributed by atoms with van der Waals surface area (Å²) in [6.45, 7) is 0. The fourth-order valence-corrected chi connectivity index (χ4v) is 0.661. The molecular weight excluding hydrogens is 134 g/mol. The molecule has 2 aromatic heterocycles. The van der Waals surface area contributed by atoms with Crippen molar-refractivity contribution in [3.63, 3.8) is 0 Å². The number of rotatable bonds is 0. The summed E-state index contributed by atoms with van der Waals surface area (Å²) in [4.78, 5) is 20.1. The second-order valence-electron chi connectivity index (χ2n) is 1.68. The third-order valence-electron chi connectivity index (χ3n) is 1.04. The van der Waals surface area contributed by atoms with E-state index in [2.05, 4.69) is 25.6 Å². The molecule has 0 aliphatic heterocycles. The van der Waals surface area contributed by atoms with Crippen molar-refractivity contribution in [3.8, 4) is 0 Å². The van der Waals surface area contributed by atoms with Crippen LogP contribution in [-0.4, -0.2) is 15.0 Å². The molecule has 2 heterocycles. The summed E-state index contributed by atoms with van der Waals surface area (Å²) < 4.78 is 4.57. The van der Waals surface area contributed by atoms with Crippen molar-refractivity contribution in [2.24, 2.45) is 0 Å². The van der Waals surface area contributed by atoms with Crippen molar-refractivity contribution >= 4 is 11.2 Å². The molecule has 0 saturated heterocycles. The van der Waals surface area contributed by atoms with Gasteiger partial charge in [0.15, 0.2) is 0 Å². The lowest BCUT2D eigenvalue weighted by molar-refractivity contribution is 0.545. The SMILES string of the molecule is O=c1[nH]c2[c]ncnc2o1. The summed E-state index contributed by atoms with van der Waals surface area (Å²) in [5.41, 5.74) is 0.632. The molecular formula is C5H2N3O2. The van der Waals surface area contributed by atoms with Crippen LogP contribution in [0.15, 0.2) is 15.5 Å².